The fraction of sp³-hybridized carbons (Fsp3) is 0.818. The smallest absolute Gasteiger partial charge is 0.129 e. The van der Waals surface area contributed by atoms with Crippen LogP contribution in [0.2, 0.25) is 0 Å². The fourth-order valence-corrected chi connectivity index (χ4v) is 3.75. The SMILES string of the molecule is CC[C@@H](C)OC(C)CNC1=CC=C(NC(O)CCCCN[S+]([O-])C(C)C)C(C)C1. The van der Waals surface area contributed by atoms with E-state index < -0.39 is 17.6 Å². The summed E-state index contributed by atoms with van der Waals surface area (Å²) in [5.41, 5.74) is 2.28. The molecule has 0 aromatic heterocycles. The molecule has 5 atom stereocenters. The molecule has 7 heteroatoms. The molecular formula is C22H43N3O3S. The molecule has 0 radical (unpaired) electrons. The quantitative estimate of drug-likeness (QED) is 0.181. The van der Waals surface area contributed by atoms with Gasteiger partial charge in [0, 0.05) is 41.8 Å². The lowest BCUT2D eigenvalue weighted by Crippen LogP contribution is -2.34. The summed E-state index contributed by atoms with van der Waals surface area (Å²) >= 11 is -0.966. The van der Waals surface area contributed by atoms with Crippen molar-refractivity contribution in [2.75, 3.05) is 13.1 Å². The molecule has 0 spiro atoms. The van der Waals surface area contributed by atoms with E-state index in [-0.39, 0.29) is 17.5 Å². The summed E-state index contributed by atoms with van der Waals surface area (Å²) in [7, 11) is 0. The Balaban J connectivity index is 2.30. The average molecular weight is 430 g/mol. The Morgan fingerprint density at radius 2 is 1.93 bits per heavy atom. The highest BCUT2D eigenvalue weighted by atomic mass is 32.2. The van der Waals surface area contributed by atoms with Gasteiger partial charge in [0.25, 0.3) is 0 Å². The molecule has 0 aromatic rings. The van der Waals surface area contributed by atoms with Crippen molar-refractivity contribution >= 4 is 11.4 Å². The van der Waals surface area contributed by atoms with Crippen LogP contribution in [0.25, 0.3) is 0 Å². The first kappa shape index (κ1) is 26.3. The van der Waals surface area contributed by atoms with Crippen molar-refractivity contribution in [3.63, 3.8) is 0 Å². The predicted octanol–water partition coefficient (Wildman–Crippen LogP) is 3.33. The molecule has 0 amide bonds. The van der Waals surface area contributed by atoms with Crippen molar-refractivity contribution in [1.82, 2.24) is 15.4 Å². The number of aliphatic hydroxyl groups is 1. The second-order valence-electron chi connectivity index (χ2n) is 8.36. The number of rotatable bonds is 15. The molecule has 4 unspecified atom stereocenters. The molecule has 0 saturated heterocycles. The molecule has 0 bridgehead atoms. The number of unbranched alkanes of at least 4 members (excludes halogenated alkanes) is 1. The van der Waals surface area contributed by atoms with Crippen LogP contribution in [0.4, 0.5) is 0 Å². The van der Waals surface area contributed by atoms with Gasteiger partial charge in [0.15, 0.2) is 0 Å². The van der Waals surface area contributed by atoms with Crippen molar-refractivity contribution in [3.8, 4) is 0 Å². The van der Waals surface area contributed by atoms with E-state index in [1.54, 1.807) is 0 Å². The number of nitrogens with one attached hydrogen (secondary N) is 3. The average Bonchev–Trinajstić information content (AvgIpc) is 2.67. The number of aliphatic hydroxyl groups excluding tert-OH is 1. The van der Waals surface area contributed by atoms with Crippen LogP contribution in [0.3, 0.4) is 0 Å². The molecule has 0 saturated carbocycles. The lowest BCUT2D eigenvalue weighted by atomic mass is 9.96. The first-order valence-corrected chi connectivity index (χ1v) is 12.3. The minimum absolute atomic E-state index is 0.130. The summed E-state index contributed by atoms with van der Waals surface area (Å²) in [6.07, 6.45) is 8.49. The maximum Gasteiger partial charge on any atom is 0.129 e. The topological polar surface area (TPSA) is 88.6 Å². The summed E-state index contributed by atoms with van der Waals surface area (Å²) in [4.78, 5) is 0. The van der Waals surface area contributed by atoms with Crippen LogP contribution >= 0.6 is 0 Å². The van der Waals surface area contributed by atoms with Crippen LogP contribution in [0.5, 0.6) is 0 Å². The van der Waals surface area contributed by atoms with Crippen molar-refractivity contribution in [2.24, 2.45) is 5.92 Å². The van der Waals surface area contributed by atoms with Gasteiger partial charge >= 0.3 is 0 Å². The van der Waals surface area contributed by atoms with E-state index >= 15 is 0 Å². The van der Waals surface area contributed by atoms with E-state index in [9.17, 15) is 9.66 Å². The highest BCUT2D eigenvalue weighted by Gasteiger charge is 2.18. The maximum absolute atomic E-state index is 11.6. The molecular weight excluding hydrogens is 386 g/mol. The van der Waals surface area contributed by atoms with Crippen LogP contribution < -0.4 is 15.4 Å². The predicted molar refractivity (Wildman–Crippen MR) is 123 cm³/mol. The van der Waals surface area contributed by atoms with Crippen molar-refractivity contribution in [2.45, 2.75) is 97.3 Å². The Morgan fingerprint density at radius 3 is 2.55 bits per heavy atom. The summed E-state index contributed by atoms with van der Waals surface area (Å²) < 4.78 is 20.5. The molecule has 170 valence electrons. The molecule has 0 heterocycles. The summed E-state index contributed by atoms with van der Waals surface area (Å²) in [6.45, 7) is 13.9. The lowest BCUT2D eigenvalue weighted by Gasteiger charge is -2.27. The van der Waals surface area contributed by atoms with Crippen LogP contribution in [0.1, 0.15) is 73.6 Å². The third-order valence-electron chi connectivity index (χ3n) is 5.09. The third-order valence-corrected chi connectivity index (χ3v) is 6.43. The standard InChI is InChI=1S/C22H43N3O3S/c1-7-18(5)28-19(6)15-23-20-11-12-21(17(4)14-20)25-22(26)10-8-9-13-24-29(27)16(2)3/h11-12,16-19,22-26H,7-10,13-15H2,1-6H3/t17?,18-,19?,22?,29?/m1/s1. The van der Waals surface area contributed by atoms with E-state index in [1.807, 2.05) is 13.8 Å². The van der Waals surface area contributed by atoms with E-state index in [2.05, 4.69) is 55.2 Å². The monoisotopic (exact) mass is 429 g/mol. The van der Waals surface area contributed by atoms with Crippen LogP contribution in [0, 0.1) is 5.92 Å². The molecule has 1 rings (SSSR count). The largest absolute Gasteiger partial charge is 0.598 e. The van der Waals surface area contributed by atoms with Crippen molar-refractivity contribution in [3.05, 3.63) is 23.5 Å². The first-order valence-electron chi connectivity index (χ1n) is 11.1. The highest BCUT2D eigenvalue weighted by molar-refractivity contribution is 7.90. The Kier molecular flexibility index (Phi) is 13.0. The fourth-order valence-electron chi connectivity index (χ4n) is 3.07. The second kappa shape index (κ2) is 14.3. The van der Waals surface area contributed by atoms with Crippen LogP contribution in [-0.4, -0.2) is 46.4 Å². The third kappa shape index (κ3) is 11.3. The summed E-state index contributed by atoms with van der Waals surface area (Å²) in [6, 6.07) is 0. The molecule has 1 aliphatic rings. The van der Waals surface area contributed by atoms with Crippen LogP contribution in [0.15, 0.2) is 23.5 Å². The Labute approximate surface area is 181 Å². The Morgan fingerprint density at radius 1 is 1.21 bits per heavy atom. The first-order chi connectivity index (χ1) is 13.7. The van der Waals surface area contributed by atoms with E-state index in [1.165, 1.54) is 5.70 Å². The number of hydrogen-bond acceptors (Lipinski definition) is 6. The molecule has 29 heavy (non-hydrogen) atoms. The summed E-state index contributed by atoms with van der Waals surface area (Å²) in [5, 5.41) is 17.1. The maximum atomic E-state index is 11.6. The molecule has 0 fully saturated rings. The Bertz CT molecular complexity index is 514. The molecule has 4 N–H and O–H groups in total. The van der Waals surface area contributed by atoms with Gasteiger partial charge < -0.3 is 25.0 Å². The van der Waals surface area contributed by atoms with Gasteiger partial charge in [-0.05, 0) is 72.0 Å². The van der Waals surface area contributed by atoms with Gasteiger partial charge in [0.2, 0.25) is 0 Å². The zero-order valence-electron chi connectivity index (χ0n) is 19.2. The zero-order valence-corrected chi connectivity index (χ0v) is 20.0. The lowest BCUT2D eigenvalue weighted by molar-refractivity contribution is 0.00848. The van der Waals surface area contributed by atoms with Crippen LogP contribution in [-0.2, 0) is 16.1 Å². The van der Waals surface area contributed by atoms with Crippen molar-refractivity contribution < 1.29 is 14.4 Å². The Hall–Kier alpha value is -0.730. The van der Waals surface area contributed by atoms with Gasteiger partial charge in [-0.15, -0.1) is 4.72 Å². The van der Waals surface area contributed by atoms with Gasteiger partial charge in [0.05, 0.1) is 12.2 Å². The molecule has 1 aliphatic carbocycles. The van der Waals surface area contributed by atoms with Gasteiger partial charge in [-0.2, -0.15) is 0 Å². The summed E-state index contributed by atoms with van der Waals surface area (Å²) in [5.74, 6) is 0.332. The minimum Gasteiger partial charge on any atom is -0.598 e. The van der Waals surface area contributed by atoms with Gasteiger partial charge in [0.1, 0.15) is 11.5 Å². The molecule has 6 nitrogen and oxygen atoms in total. The van der Waals surface area contributed by atoms with Crippen molar-refractivity contribution in [1.29, 1.82) is 0 Å². The molecule has 0 aliphatic heterocycles. The number of hydrogen-bond donors (Lipinski definition) is 4. The minimum atomic E-state index is -0.966. The zero-order chi connectivity index (χ0) is 21.8. The van der Waals surface area contributed by atoms with E-state index in [0.717, 1.165) is 37.9 Å². The van der Waals surface area contributed by atoms with Gasteiger partial charge in [-0.3, -0.25) is 0 Å². The van der Waals surface area contributed by atoms with E-state index in [4.69, 9.17) is 4.74 Å². The number of allylic oxidation sites excluding steroid dienone is 4. The molecule has 0 aromatic carbocycles. The van der Waals surface area contributed by atoms with E-state index in [0.29, 0.717) is 18.9 Å². The number of ether oxygens (including phenoxy) is 1. The highest BCUT2D eigenvalue weighted by Crippen LogP contribution is 2.22. The second-order valence-corrected chi connectivity index (χ2v) is 10.2. The van der Waals surface area contributed by atoms with Gasteiger partial charge in [-0.25, -0.2) is 0 Å². The van der Waals surface area contributed by atoms with Gasteiger partial charge in [-0.1, -0.05) is 13.8 Å². The normalized spacial score (nSPS) is 21.2.